The Morgan fingerprint density at radius 2 is 1.80 bits per heavy atom. The van der Waals surface area contributed by atoms with E-state index in [2.05, 4.69) is 20.2 Å². The predicted octanol–water partition coefficient (Wildman–Crippen LogP) is 3.51. The molecule has 1 unspecified atom stereocenters. The van der Waals surface area contributed by atoms with Crippen molar-refractivity contribution >= 4 is 57.1 Å². The zero-order valence-corrected chi connectivity index (χ0v) is 17.3. The fraction of sp³-hybridized carbons (Fsp3) is 0.150. The fourth-order valence-corrected chi connectivity index (χ4v) is 3.54. The number of fused-ring (bicyclic) bond motifs is 1. The lowest BCUT2D eigenvalue weighted by molar-refractivity contribution is -0.119. The second kappa shape index (κ2) is 8.21. The largest absolute Gasteiger partial charge is 0.280 e. The standard InChI is InChI=1S/C20H15ClN6O2S/c1-12-17(25-24-13-7-3-2-4-8-13)19(29)27(20(30)22-12)26-16(11-21)23-15-10-6-5-9-14(15)18(26)28/h2-10,17H,11H2,1H3. The molecule has 0 fully saturated rings. The Morgan fingerprint density at radius 1 is 1.10 bits per heavy atom. The van der Waals surface area contributed by atoms with Gasteiger partial charge in [-0.05, 0) is 43.4 Å². The van der Waals surface area contributed by atoms with Crippen LogP contribution >= 0.6 is 23.8 Å². The molecule has 0 radical (unpaired) electrons. The van der Waals surface area contributed by atoms with Crippen molar-refractivity contribution in [1.82, 2.24) is 9.66 Å². The number of azo groups is 1. The molecule has 1 atom stereocenters. The summed E-state index contributed by atoms with van der Waals surface area (Å²) in [6, 6.07) is 14.8. The molecule has 0 bridgehead atoms. The van der Waals surface area contributed by atoms with Gasteiger partial charge in [0, 0.05) is 0 Å². The molecule has 1 aliphatic rings. The first-order chi connectivity index (χ1) is 14.5. The molecule has 8 nitrogen and oxygen atoms in total. The third-order valence-corrected chi connectivity index (χ3v) is 4.98. The smallest absolute Gasteiger partial charge is 0.269 e. The second-order valence-electron chi connectivity index (χ2n) is 6.44. The van der Waals surface area contributed by atoms with Crippen molar-refractivity contribution in [3.63, 3.8) is 0 Å². The maximum absolute atomic E-state index is 13.3. The van der Waals surface area contributed by atoms with Crippen molar-refractivity contribution in [2.45, 2.75) is 18.8 Å². The van der Waals surface area contributed by atoms with E-state index in [0.717, 1.165) is 9.69 Å². The van der Waals surface area contributed by atoms with Crippen molar-refractivity contribution < 1.29 is 4.79 Å². The van der Waals surface area contributed by atoms with Gasteiger partial charge in [-0.3, -0.25) is 9.59 Å². The van der Waals surface area contributed by atoms with E-state index in [0.29, 0.717) is 22.3 Å². The number of aliphatic imine (C=N–C) groups is 1. The van der Waals surface area contributed by atoms with Gasteiger partial charge in [0.25, 0.3) is 11.5 Å². The summed E-state index contributed by atoms with van der Waals surface area (Å²) in [4.78, 5) is 35.1. The van der Waals surface area contributed by atoms with Gasteiger partial charge in [0.05, 0.1) is 28.2 Å². The number of halogens is 1. The Morgan fingerprint density at radius 3 is 2.53 bits per heavy atom. The number of nitrogens with zero attached hydrogens (tertiary/aromatic N) is 6. The quantitative estimate of drug-likeness (QED) is 0.354. The summed E-state index contributed by atoms with van der Waals surface area (Å²) < 4.78 is 1.07. The van der Waals surface area contributed by atoms with Crippen LogP contribution in [-0.4, -0.2) is 32.4 Å². The first kappa shape index (κ1) is 20.0. The molecule has 4 rings (SSSR count). The summed E-state index contributed by atoms with van der Waals surface area (Å²) in [7, 11) is 0. The van der Waals surface area contributed by atoms with Crippen LogP contribution < -0.4 is 10.6 Å². The topological polar surface area (TPSA) is 92.3 Å². The number of carbonyl (C=O) groups excluding carboxylic acids is 1. The highest BCUT2D eigenvalue weighted by atomic mass is 35.5. The number of benzene rings is 2. The molecule has 0 saturated carbocycles. The Balaban J connectivity index is 1.82. The second-order valence-corrected chi connectivity index (χ2v) is 7.07. The highest BCUT2D eigenvalue weighted by molar-refractivity contribution is 7.80. The summed E-state index contributed by atoms with van der Waals surface area (Å²) in [6.45, 7) is 1.64. The van der Waals surface area contributed by atoms with Gasteiger partial charge in [0.15, 0.2) is 6.04 Å². The summed E-state index contributed by atoms with van der Waals surface area (Å²) >= 11 is 11.3. The van der Waals surface area contributed by atoms with E-state index in [4.69, 9.17) is 23.8 Å². The molecule has 0 aliphatic carbocycles. The maximum atomic E-state index is 13.3. The van der Waals surface area contributed by atoms with Gasteiger partial charge in [0.1, 0.15) is 5.82 Å². The number of alkyl halides is 1. The number of thiocarbonyl (C=S) groups is 1. The lowest BCUT2D eigenvalue weighted by atomic mass is 10.1. The third kappa shape index (κ3) is 3.53. The van der Waals surface area contributed by atoms with Crippen LogP contribution in [0, 0.1) is 0 Å². The summed E-state index contributed by atoms with van der Waals surface area (Å²) in [6.07, 6.45) is 0. The van der Waals surface area contributed by atoms with Crippen LogP contribution in [0.5, 0.6) is 0 Å². The fourth-order valence-electron chi connectivity index (χ4n) is 3.05. The number of amides is 1. The molecule has 0 saturated heterocycles. The number of para-hydroxylation sites is 1. The highest BCUT2D eigenvalue weighted by Gasteiger charge is 2.37. The van der Waals surface area contributed by atoms with Crippen molar-refractivity contribution in [1.29, 1.82) is 0 Å². The van der Waals surface area contributed by atoms with Crippen LogP contribution in [-0.2, 0) is 10.7 Å². The lowest BCUT2D eigenvalue weighted by Gasteiger charge is -2.30. The highest BCUT2D eigenvalue weighted by Crippen LogP contribution is 2.18. The van der Waals surface area contributed by atoms with Crippen LogP contribution in [0.1, 0.15) is 12.7 Å². The number of aromatic nitrogens is 2. The average molecular weight is 439 g/mol. The van der Waals surface area contributed by atoms with E-state index in [1.165, 1.54) is 0 Å². The van der Waals surface area contributed by atoms with E-state index in [1.54, 1.807) is 43.3 Å². The molecule has 1 aromatic heterocycles. The first-order valence-corrected chi connectivity index (χ1v) is 9.91. The molecule has 2 aromatic carbocycles. The zero-order chi connectivity index (χ0) is 21.3. The molecule has 1 amide bonds. The third-order valence-electron chi connectivity index (χ3n) is 4.48. The molecule has 0 spiro atoms. The first-order valence-electron chi connectivity index (χ1n) is 8.97. The average Bonchev–Trinajstić information content (AvgIpc) is 2.75. The maximum Gasteiger partial charge on any atom is 0.280 e. The van der Waals surface area contributed by atoms with E-state index in [9.17, 15) is 9.59 Å². The Hall–Kier alpha value is -3.30. The van der Waals surface area contributed by atoms with Crippen LogP contribution in [0.25, 0.3) is 10.9 Å². The van der Waals surface area contributed by atoms with Crippen LogP contribution in [0.4, 0.5) is 5.69 Å². The minimum absolute atomic E-state index is 0.0887. The molecule has 10 heteroatoms. The van der Waals surface area contributed by atoms with Gasteiger partial charge in [-0.1, -0.05) is 30.3 Å². The monoisotopic (exact) mass is 438 g/mol. The van der Waals surface area contributed by atoms with Gasteiger partial charge in [-0.15, -0.1) is 11.6 Å². The number of carbonyl (C=O) groups is 1. The summed E-state index contributed by atoms with van der Waals surface area (Å²) in [5.74, 6) is -0.493. The number of hydrogen-bond acceptors (Lipinski definition) is 6. The summed E-state index contributed by atoms with van der Waals surface area (Å²) in [5, 5.41) is 9.51. The van der Waals surface area contributed by atoms with Gasteiger partial charge in [-0.25, -0.2) is 9.98 Å². The Kier molecular flexibility index (Phi) is 5.47. The van der Waals surface area contributed by atoms with Gasteiger partial charge >= 0.3 is 0 Å². The minimum Gasteiger partial charge on any atom is -0.269 e. The molecule has 3 aromatic rings. The molecule has 2 heterocycles. The number of rotatable bonds is 4. The molecule has 0 N–H and O–H groups in total. The van der Waals surface area contributed by atoms with Crippen LogP contribution in [0.15, 0.2) is 74.6 Å². The van der Waals surface area contributed by atoms with E-state index >= 15 is 0 Å². The SMILES string of the molecule is CC1=NC(=S)N(n2c(CCl)nc3ccccc3c2=O)C(=O)C1N=Nc1ccccc1. The molecule has 150 valence electrons. The van der Waals surface area contributed by atoms with Crippen LogP contribution in [0.2, 0.25) is 0 Å². The zero-order valence-electron chi connectivity index (χ0n) is 15.8. The van der Waals surface area contributed by atoms with E-state index < -0.39 is 17.5 Å². The summed E-state index contributed by atoms with van der Waals surface area (Å²) in [5.41, 5.74) is 0.976. The normalized spacial score (nSPS) is 17.1. The predicted molar refractivity (Wildman–Crippen MR) is 119 cm³/mol. The van der Waals surface area contributed by atoms with Crippen molar-refractivity contribution in [3.05, 3.63) is 70.8 Å². The molecule has 30 heavy (non-hydrogen) atoms. The minimum atomic E-state index is -1.03. The molecule has 1 aliphatic heterocycles. The molecular formula is C20H15ClN6O2S. The van der Waals surface area contributed by atoms with Crippen molar-refractivity contribution in [2.75, 3.05) is 5.01 Å². The Bertz CT molecular complexity index is 1270. The number of hydrogen-bond donors (Lipinski definition) is 0. The lowest BCUT2D eigenvalue weighted by Crippen LogP contribution is -2.57. The van der Waals surface area contributed by atoms with Crippen molar-refractivity contribution in [3.8, 4) is 0 Å². The van der Waals surface area contributed by atoms with E-state index in [1.807, 2.05) is 18.2 Å². The van der Waals surface area contributed by atoms with Crippen molar-refractivity contribution in [2.24, 2.45) is 15.2 Å². The van der Waals surface area contributed by atoms with Crippen LogP contribution in [0.3, 0.4) is 0 Å². The Labute approximate surface area is 181 Å². The van der Waals surface area contributed by atoms with E-state index in [-0.39, 0.29) is 16.8 Å². The molecular weight excluding hydrogens is 424 g/mol. The van der Waals surface area contributed by atoms with Gasteiger partial charge in [0.2, 0.25) is 5.11 Å². The van der Waals surface area contributed by atoms with Gasteiger partial charge < -0.3 is 0 Å². The van der Waals surface area contributed by atoms with Gasteiger partial charge in [-0.2, -0.15) is 19.9 Å².